The minimum atomic E-state index is -3.71. The molecule has 0 bridgehead atoms. The molecule has 0 aliphatic carbocycles. The van der Waals surface area contributed by atoms with Crippen molar-refractivity contribution < 1.29 is 13.2 Å². The number of nitrogens with one attached hydrogen (secondary N) is 1. The van der Waals surface area contributed by atoms with Gasteiger partial charge in [-0.05, 0) is 31.6 Å². The van der Waals surface area contributed by atoms with E-state index in [1.54, 1.807) is 12.1 Å². The Kier molecular flexibility index (Phi) is 4.89. The molecule has 1 N–H and O–H groups in total. The van der Waals surface area contributed by atoms with Gasteiger partial charge in [0.1, 0.15) is 4.21 Å². The van der Waals surface area contributed by atoms with E-state index in [9.17, 15) is 13.2 Å². The molecule has 17 heavy (non-hydrogen) atoms. The standard InChI is InChI=1S/C11H15NO3S2/c1-3-4-5-6-10(13)12-17(14,15)11-8-7-9(2)16-11/h5-8H,3-4H2,1-2H3,(H,12,13)/b6-5+. The lowest BCUT2D eigenvalue weighted by molar-refractivity contribution is -0.114. The number of hydrogen-bond donors (Lipinski definition) is 1. The molecular formula is C11H15NO3S2. The summed E-state index contributed by atoms with van der Waals surface area (Å²) in [7, 11) is -3.71. The molecule has 1 aromatic heterocycles. The third-order valence-corrected chi connectivity index (χ3v) is 4.78. The van der Waals surface area contributed by atoms with Crippen molar-refractivity contribution in [3.8, 4) is 0 Å². The topological polar surface area (TPSA) is 63.2 Å². The molecule has 4 nitrogen and oxygen atoms in total. The second kappa shape index (κ2) is 5.97. The fourth-order valence-electron chi connectivity index (χ4n) is 1.13. The van der Waals surface area contributed by atoms with Gasteiger partial charge in [-0.3, -0.25) is 4.79 Å². The zero-order valence-corrected chi connectivity index (χ0v) is 11.4. The maximum absolute atomic E-state index is 11.7. The summed E-state index contributed by atoms with van der Waals surface area (Å²) in [6.07, 6.45) is 4.58. The van der Waals surface area contributed by atoms with Crippen LogP contribution in [0.4, 0.5) is 0 Å². The number of thiophene rings is 1. The molecule has 0 aliphatic rings. The highest BCUT2D eigenvalue weighted by atomic mass is 32.2. The third-order valence-electron chi connectivity index (χ3n) is 1.94. The largest absolute Gasteiger partial charge is 0.273 e. The monoisotopic (exact) mass is 273 g/mol. The number of unbranched alkanes of at least 4 members (excludes halogenated alkanes) is 1. The molecular weight excluding hydrogens is 258 g/mol. The zero-order chi connectivity index (χ0) is 12.9. The second-order valence-electron chi connectivity index (χ2n) is 3.53. The molecule has 6 heteroatoms. The number of hydrogen-bond acceptors (Lipinski definition) is 4. The molecule has 1 aromatic rings. The van der Waals surface area contributed by atoms with E-state index in [4.69, 9.17) is 0 Å². The van der Waals surface area contributed by atoms with Gasteiger partial charge in [-0.25, -0.2) is 13.1 Å². The number of carbonyl (C=O) groups excluding carboxylic acids is 1. The normalized spacial score (nSPS) is 11.9. The van der Waals surface area contributed by atoms with Crippen molar-refractivity contribution >= 4 is 27.3 Å². The molecule has 0 saturated carbocycles. The predicted molar refractivity (Wildman–Crippen MR) is 68.4 cm³/mol. The molecule has 94 valence electrons. The van der Waals surface area contributed by atoms with Crippen molar-refractivity contribution in [1.29, 1.82) is 0 Å². The minimum absolute atomic E-state index is 0.159. The summed E-state index contributed by atoms with van der Waals surface area (Å²) in [6, 6.07) is 3.20. The number of amides is 1. The van der Waals surface area contributed by atoms with E-state index in [2.05, 4.69) is 0 Å². The second-order valence-corrected chi connectivity index (χ2v) is 6.72. The van der Waals surface area contributed by atoms with Crippen LogP contribution < -0.4 is 4.72 Å². The summed E-state index contributed by atoms with van der Waals surface area (Å²) in [4.78, 5) is 12.2. The lowest BCUT2D eigenvalue weighted by atomic mass is 10.3. The summed E-state index contributed by atoms with van der Waals surface area (Å²) in [5.74, 6) is -0.607. The van der Waals surface area contributed by atoms with E-state index in [1.165, 1.54) is 12.1 Å². The fraction of sp³-hybridized carbons (Fsp3) is 0.364. The first-order valence-corrected chi connectivity index (χ1v) is 7.55. The Balaban J connectivity index is 2.71. The van der Waals surface area contributed by atoms with Crippen molar-refractivity contribution in [2.45, 2.75) is 30.9 Å². The van der Waals surface area contributed by atoms with Crippen LogP contribution in [0.3, 0.4) is 0 Å². The van der Waals surface area contributed by atoms with E-state index >= 15 is 0 Å². The summed E-state index contributed by atoms with van der Waals surface area (Å²) < 4.78 is 25.6. The summed E-state index contributed by atoms with van der Waals surface area (Å²) in [5.41, 5.74) is 0. The van der Waals surface area contributed by atoms with Gasteiger partial charge in [0.15, 0.2) is 0 Å². The van der Waals surface area contributed by atoms with Crippen LogP contribution in [0.2, 0.25) is 0 Å². The minimum Gasteiger partial charge on any atom is -0.269 e. The van der Waals surface area contributed by atoms with Gasteiger partial charge in [0, 0.05) is 4.88 Å². The Labute approximate surface area is 105 Å². The van der Waals surface area contributed by atoms with Crippen LogP contribution in [0.15, 0.2) is 28.5 Å². The molecule has 0 saturated heterocycles. The van der Waals surface area contributed by atoms with Crippen LogP contribution in [0.25, 0.3) is 0 Å². The highest BCUT2D eigenvalue weighted by Crippen LogP contribution is 2.20. The van der Waals surface area contributed by atoms with E-state index < -0.39 is 15.9 Å². The number of sulfonamides is 1. The third kappa shape index (κ3) is 4.32. The molecule has 0 spiro atoms. The average molecular weight is 273 g/mol. The van der Waals surface area contributed by atoms with Crippen LogP contribution in [0.5, 0.6) is 0 Å². The Morgan fingerprint density at radius 2 is 2.18 bits per heavy atom. The molecule has 1 amide bonds. The molecule has 0 aromatic carbocycles. The SMILES string of the molecule is CCC/C=C/C(=O)NS(=O)(=O)c1ccc(C)s1. The first-order chi connectivity index (χ1) is 7.95. The summed E-state index contributed by atoms with van der Waals surface area (Å²) >= 11 is 1.14. The Hall–Kier alpha value is -1.14. The molecule has 1 heterocycles. The van der Waals surface area contributed by atoms with Crippen molar-refractivity contribution in [3.05, 3.63) is 29.2 Å². The number of rotatable bonds is 5. The highest BCUT2D eigenvalue weighted by Gasteiger charge is 2.17. The molecule has 0 radical (unpaired) electrons. The van der Waals surface area contributed by atoms with Crippen LogP contribution in [0.1, 0.15) is 24.6 Å². The number of carbonyl (C=O) groups is 1. The van der Waals surface area contributed by atoms with E-state index in [-0.39, 0.29) is 4.21 Å². The predicted octanol–water partition coefficient (Wildman–Crippen LogP) is 2.22. The first kappa shape index (κ1) is 13.9. The highest BCUT2D eigenvalue weighted by molar-refractivity contribution is 7.92. The Bertz CT molecular complexity index is 515. The van der Waals surface area contributed by atoms with Crippen LogP contribution in [-0.4, -0.2) is 14.3 Å². The average Bonchev–Trinajstić information content (AvgIpc) is 2.65. The van der Waals surface area contributed by atoms with Crippen molar-refractivity contribution in [3.63, 3.8) is 0 Å². The maximum Gasteiger partial charge on any atom is 0.273 e. The molecule has 1 rings (SSSR count). The first-order valence-electron chi connectivity index (χ1n) is 5.25. The zero-order valence-electron chi connectivity index (χ0n) is 9.76. The Morgan fingerprint density at radius 1 is 1.47 bits per heavy atom. The molecule has 0 atom stereocenters. The van der Waals surface area contributed by atoms with E-state index in [0.29, 0.717) is 0 Å². The lowest BCUT2D eigenvalue weighted by Crippen LogP contribution is -2.28. The van der Waals surface area contributed by atoms with Gasteiger partial charge < -0.3 is 0 Å². The van der Waals surface area contributed by atoms with Gasteiger partial charge in [0.2, 0.25) is 0 Å². The van der Waals surface area contributed by atoms with Crippen LogP contribution in [0, 0.1) is 6.92 Å². The van der Waals surface area contributed by atoms with Gasteiger partial charge in [-0.15, -0.1) is 11.3 Å². The van der Waals surface area contributed by atoms with Crippen molar-refractivity contribution in [2.24, 2.45) is 0 Å². The van der Waals surface area contributed by atoms with E-state index in [1.807, 2.05) is 18.6 Å². The van der Waals surface area contributed by atoms with Gasteiger partial charge in [-0.2, -0.15) is 0 Å². The maximum atomic E-state index is 11.7. The number of aryl methyl sites for hydroxylation is 1. The van der Waals surface area contributed by atoms with E-state index in [0.717, 1.165) is 29.1 Å². The molecule has 0 aliphatic heterocycles. The quantitative estimate of drug-likeness (QED) is 0.837. The van der Waals surface area contributed by atoms with Crippen LogP contribution >= 0.6 is 11.3 Å². The van der Waals surface area contributed by atoms with Crippen molar-refractivity contribution in [2.75, 3.05) is 0 Å². The van der Waals surface area contributed by atoms with Gasteiger partial charge in [-0.1, -0.05) is 19.4 Å². The lowest BCUT2D eigenvalue weighted by Gasteiger charge is -2.01. The molecule has 0 fully saturated rings. The van der Waals surface area contributed by atoms with Crippen molar-refractivity contribution in [1.82, 2.24) is 4.72 Å². The summed E-state index contributed by atoms with van der Waals surface area (Å²) in [5, 5.41) is 0. The smallest absolute Gasteiger partial charge is 0.269 e. The van der Waals surface area contributed by atoms with Crippen LogP contribution in [-0.2, 0) is 14.8 Å². The molecule has 0 unspecified atom stereocenters. The van der Waals surface area contributed by atoms with Gasteiger partial charge in [0.05, 0.1) is 0 Å². The number of allylic oxidation sites excluding steroid dienone is 1. The Morgan fingerprint density at radius 3 is 2.71 bits per heavy atom. The van der Waals surface area contributed by atoms with Gasteiger partial charge >= 0.3 is 0 Å². The summed E-state index contributed by atoms with van der Waals surface area (Å²) in [6.45, 7) is 3.79. The van der Waals surface area contributed by atoms with Gasteiger partial charge in [0.25, 0.3) is 15.9 Å². The fourth-order valence-corrected chi connectivity index (χ4v) is 3.36.